The van der Waals surface area contributed by atoms with E-state index < -0.39 is 0 Å². The summed E-state index contributed by atoms with van der Waals surface area (Å²) < 4.78 is 0. The van der Waals surface area contributed by atoms with E-state index in [9.17, 15) is 0 Å². The van der Waals surface area contributed by atoms with E-state index in [1.54, 1.807) is 0 Å². The highest BCUT2D eigenvalue weighted by molar-refractivity contribution is 4.88. The Labute approximate surface area is 136 Å². The molecule has 0 saturated carbocycles. The molecule has 0 aromatic heterocycles. The Hall–Kier alpha value is -0.0800. The van der Waals surface area contributed by atoms with Gasteiger partial charge in [-0.3, -0.25) is 0 Å². The van der Waals surface area contributed by atoms with Gasteiger partial charge in [-0.15, -0.1) is 0 Å². The number of nitrogens with two attached hydrogens (primary N) is 1. The van der Waals surface area contributed by atoms with Crippen molar-refractivity contribution in [3.8, 4) is 0 Å². The van der Waals surface area contributed by atoms with Crippen LogP contribution >= 0.6 is 0 Å². The largest absolute Gasteiger partial charge is 0.325 e. The second kappa shape index (κ2) is 18.0. The van der Waals surface area contributed by atoms with E-state index in [0.717, 1.165) is 0 Å². The van der Waals surface area contributed by atoms with Gasteiger partial charge in [0, 0.05) is 12.1 Å². The zero-order chi connectivity index (χ0) is 17.3. The van der Waals surface area contributed by atoms with E-state index in [1.807, 2.05) is 27.7 Å². The van der Waals surface area contributed by atoms with E-state index in [0.29, 0.717) is 5.92 Å². The lowest BCUT2D eigenvalue weighted by molar-refractivity contribution is 0.310. The molecule has 1 aliphatic heterocycles. The SMILES string of the molecule is CC.CC.CCCCCCC.CN1CCC(C(C)(C)N)C1. The number of likely N-dealkylation sites (tertiary alicyclic amines) is 1. The quantitative estimate of drug-likeness (QED) is 0.660. The van der Waals surface area contributed by atoms with Crippen LogP contribution in [0.2, 0.25) is 0 Å². The Morgan fingerprint density at radius 3 is 1.57 bits per heavy atom. The van der Waals surface area contributed by atoms with E-state index in [1.165, 1.54) is 51.6 Å². The predicted molar refractivity (Wildman–Crippen MR) is 101 cm³/mol. The van der Waals surface area contributed by atoms with Crippen molar-refractivity contribution in [2.75, 3.05) is 20.1 Å². The molecule has 1 rings (SSSR count). The third kappa shape index (κ3) is 17.9. The summed E-state index contributed by atoms with van der Waals surface area (Å²) in [7, 11) is 2.16. The fourth-order valence-corrected chi connectivity index (χ4v) is 2.22. The van der Waals surface area contributed by atoms with Crippen molar-refractivity contribution in [3.05, 3.63) is 0 Å². The molecule has 0 spiro atoms. The van der Waals surface area contributed by atoms with Crippen LogP contribution in [0, 0.1) is 5.92 Å². The molecule has 1 fully saturated rings. The van der Waals surface area contributed by atoms with Gasteiger partial charge in [0.2, 0.25) is 0 Å². The van der Waals surface area contributed by atoms with Crippen molar-refractivity contribution in [2.45, 2.75) is 99.5 Å². The summed E-state index contributed by atoms with van der Waals surface area (Å²) in [5, 5.41) is 0. The lowest BCUT2D eigenvalue weighted by atomic mass is 9.88. The normalized spacial score (nSPS) is 17.7. The highest BCUT2D eigenvalue weighted by atomic mass is 15.1. The molecule has 21 heavy (non-hydrogen) atoms. The van der Waals surface area contributed by atoms with Crippen molar-refractivity contribution in [2.24, 2.45) is 11.7 Å². The van der Waals surface area contributed by atoms with Gasteiger partial charge < -0.3 is 10.6 Å². The first-order valence-corrected chi connectivity index (χ1v) is 9.39. The standard InChI is InChI=1S/C8H18N2.C7H16.2C2H6/c1-8(2,9)7-4-5-10(3)6-7;1-3-5-7-6-4-2;2*1-2/h7H,4-6,9H2,1-3H3;3-7H2,1-2H3;2*1-2H3. The van der Waals surface area contributed by atoms with Crippen LogP contribution < -0.4 is 5.73 Å². The Bertz CT molecular complexity index is 169. The average Bonchev–Trinajstić information content (AvgIpc) is 2.91. The molecule has 0 aromatic rings. The molecular weight excluding hydrogens is 256 g/mol. The van der Waals surface area contributed by atoms with Crippen molar-refractivity contribution in [1.82, 2.24) is 4.90 Å². The lowest BCUT2D eigenvalue weighted by Crippen LogP contribution is -2.41. The highest BCUT2D eigenvalue weighted by Crippen LogP contribution is 2.23. The molecule has 0 amide bonds. The van der Waals surface area contributed by atoms with Gasteiger partial charge in [0.05, 0.1) is 0 Å². The summed E-state index contributed by atoms with van der Waals surface area (Å²) in [4.78, 5) is 2.35. The number of rotatable bonds is 5. The fourth-order valence-electron chi connectivity index (χ4n) is 2.22. The van der Waals surface area contributed by atoms with Crippen molar-refractivity contribution in [1.29, 1.82) is 0 Å². The van der Waals surface area contributed by atoms with E-state index >= 15 is 0 Å². The Morgan fingerprint density at radius 1 is 0.952 bits per heavy atom. The summed E-state index contributed by atoms with van der Waals surface area (Å²) in [6.07, 6.45) is 8.27. The second-order valence-electron chi connectivity index (χ2n) is 6.13. The molecular formula is C19H46N2. The van der Waals surface area contributed by atoms with Gasteiger partial charge in [-0.25, -0.2) is 0 Å². The lowest BCUT2D eigenvalue weighted by Gasteiger charge is -2.26. The number of unbranched alkanes of at least 4 members (excludes halogenated alkanes) is 4. The minimum Gasteiger partial charge on any atom is -0.325 e. The Balaban J connectivity index is -0.000000260. The van der Waals surface area contributed by atoms with Crippen molar-refractivity contribution in [3.63, 3.8) is 0 Å². The Morgan fingerprint density at radius 2 is 1.38 bits per heavy atom. The van der Waals surface area contributed by atoms with Crippen molar-refractivity contribution < 1.29 is 0 Å². The van der Waals surface area contributed by atoms with Gasteiger partial charge >= 0.3 is 0 Å². The third-order valence-corrected chi connectivity index (χ3v) is 3.65. The maximum Gasteiger partial charge on any atom is 0.0138 e. The molecule has 1 aliphatic rings. The van der Waals surface area contributed by atoms with Crippen LogP contribution in [0.3, 0.4) is 0 Å². The molecule has 0 bridgehead atoms. The molecule has 1 unspecified atom stereocenters. The molecule has 1 atom stereocenters. The topological polar surface area (TPSA) is 29.3 Å². The first kappa shape index (κ1) is 25.9. The maximum atomic E-state index is 5.98. The molecule has 2 heteroatoms. The fraction of sp³-hybridized carbons (Fsp3) is 1.00. The van der Waals surface area contributed by atoms with Gasteiger partial charge in [0.15, 0.2) is 0 Å². The molecule has 2 N–H and O–H groups in total. The van der Waals surface area contributed by atoms with Gasteiger partial charge in [-0.1, -0.05) is 73.6 Å². The molecule has 1 saturated heterocycles. The molecule has 0 aromatic carbocycles. The summed E-state index contributed by atoms with van der Waals surface area (Å²) in [5.41, 5.74) is 5.99. The van der Waals surface area contributed by atoms with Crippen molar-refractivity contribution >= 4 is 0 Å². The van der Waals surface area contributed by atoms with Gasteiger partial charge in [-0.2, -0.15) is 0 Å². The van der Waals surface area contributed by atoms with Crippen LogP contribution in [0.4, 0.5) is 0 Å². The van der Waals surface area contributed by atoms with Crippen LogP contribution in [0.5, 0.6) is 0 Å². The second-order valence-corrected chi connectivity index (χ2v) is 6.13. The summed E-state index contributed by atoms with van der Waals surface area (Å²) >= 11 is 0. The molecule has 2 nitrogen and oxygen atoms in total. The maximum absolute atomic E-state index is 5.98. The first-order chi connectivity index (χ1) is 9.91. The number of hydrogen-bond donors (Lipinski definition) is 1. The van der Waals surface area contributed by atoms with Crippen LogP contribution in [0.1, 0.15) is 93.9 Å². The number of nitrogens with zero attached hydrogens (tertiary/aromatic N) is 1. The molecule has 0 radical (unpaired) electrons. The summed E-state index contributed by atoms with van der Waals surface area (Å²) in [5.74, 6) is 0.692. The van der Waals surface area contributed by atoms with Crippen LogP contribution in [-0.4, -0.2) is 30.6 Å². The summed E-state index contributed by atoms with van der Waals surface area (Å²) in [6, 6.07) is 0. The monoisotopic (exact) mass is 302 g/mol. The zero-order valence-electron chi connectivity index (χ0n) is 16.8. The van der Waals surface area contributed by atoms with Crippen LogP contribution in [0.25, 0.3) is 0 Å². The average molecular weight is 303 g/mol. The van der Waals surface area contributed by atoms with Gasteiger partial charge in [-0.05, 0) is 39.8 Å². The minimum absolute atomic E-state index is 0.0186. The Kier molecular flexibility index (Phi) is 22.1. The zero-order valence-corrected chi connectivity index (χ0v) is 16.8. The molecule has 132 valence electrons. The van der Waals surface area contributed by atoms with E-state index in [-0.39, 0.29) is 5.54 Å². The smallest absolute Gasteiger partial charge is 0.0138 e. The first-order valence-electron chi connectivity index (χ1n) is 9.39. The minimum atomic E-state index is 0.0186. The van der Waals surface area contributed by atoms with Gasteiger partial charge in [0.25, 0.3) is 0 Å². The molecule has 1 heterocycles. The molecule has 0 aliphatic carbocycles. The predicted octanol–water partition coefficient (Wildman–Crippen LogP) is 5.70. The van der Waals surface area contributed by atoms with Gasteiger partial charge in [0.1, 0.15) is 0 Å². The van der Waals surface area contributed by atoms with Crippen LogP contribution in [0.15, 0.2) is 0 Å². The van der Waals surface area contributed by atoms with E-state index in [4.69, 9.17) is 5.73 Å². The number of hydrogen-bond acceptors (Lipinski definition) is 2. The van der Waals surface area contributed by atoms with E-state index in [2.05, 4.69) is 39.6 Å². The summed E-state index contributed by atoms with van der Waals surface area (Å²) in [6.45, 7) is 19.1. The van der Waals surface area contributed by atoms with Crippen LogP contribution in [-0.2, 0) is 0 Å². The third-order valence-electron chi connectivity index (χ3n) is 3.65. The highest BCUT2D eigenvalue weighted by Gasteiger charge is 2.30.